The van der Waals surface area contributed by atoms with Crippen LogP contribution in [0.15, 0.2) is 32.5 Å². The number of aryl methyl sites for hydroxylation is 1. The third-order valence-electron chi connectivity index (χ3n) is 2.73. The first kappa shape index (κ1) is 16.0. The van der Waals surface area contributed by atoms with Crippen molar-refractivity contribution in [2.24, 2.45) is 7.05 Å². The van der Waals surface area contributed by atoms with E-state index in [4.69, 9.17) is 9.47 Å². The molecule has 0 aliphatic rings. The highest BCUT2D eigenvalue weighted by Crippen LogP contribution is 2.25. The van der Waals surface area contributed by atoms with Crippen molar-refractivity contribution in [2.75, 3.05) is 25.3 Å². The van der Waals surface area contributed by atoms with Crippen LogP contribution in [0.2, 0.25) is 0 Å². The van der Waals surface area contributed by atoms with Gasteiger partial charge in [-0.15, -0.1) is 0 Å². The second kappa shape index (κ2) is 7.03. The van der Waals surface area contributed by atoms with Crippen LogP contribution in [0.3, 0.4) is 0 Å². The molecule has 0 unspecified atom stereocenters. The average molecular weight is 326 g/mol. The molecule has 0 spiro atoms. The topological polar surface area (TPSA) is 97.4 Å². The number of carbonyl (C=O) groups excluding carboxylic acids is 1. The molecule has 1 amide bonds. The Kier molecular flexibility index (Phi) is 5.10. The number of anilines is 1. The van der Waals surface area contributed by atoms with Crippen LogP contribution < -0.4 is 25.1 Å². The average Bonchev–Trinajstić information content (AvgIpc) is 2.83. The Hall–Kier alpha value is -2.42. The minimum absolute atomic E-state index is 0.0655. The smallest absolute Gasteiger partial charge is 0.441 e. The van der Waals surface area contributed by atoms with Crippen LogP contribution in [-0.2, 0) is 11.8 Å². The molecule has 9 heteroatoms. The van der Waals surface area contributed by atoms with E-state index in [1.54, 1.807) is 25.2 Å². The van der Waals surface area contributed by atoms with E-state index in [0.717, 1.165) is 11.8 Å². The van der Waals surface area contributed by atoms with Gasteiger partial charge in [0.1, 0.15) is 11.5 Å². The lowest BCUT2D eigenvalue weighted by Gasteiger charge is -2.09. The first-order chi connectivity index (χ1) is 10.5. The molecule has 0 saturated carbocycles. The van der Waals surface area contributed by atoms with Gasteiger partial charge in [0.15, 0.2) is 7.05 Å². The van der Waals surface area contributed by atoms with Crippen molar-refractivity contribution >= 4 is 23.4 Å². The van der Waals surface area contributed by atoms with E-state index >= 15 is 0 Å². The second-order valence-electron chi connectivity index (χ2n) is 4.28. The third kappa shape index (κ3) is 3.82. The van der Waals surface area contributed by atoms with Gasteiger partial charge in [0.05, 0.1) is 20.0 Å². The lowest BCUT2D eigenvalue weighted by Crippen LogP contribution is -2.34. The zero-order chi connectivity index (χ0) is 16.1. The molecule has 1 aromatic carbocycles. The van der Waals surface area contributed by atoms with Crippen LogP contribution in [0.1, 0.15) is 0 Å². The number of aromatic nitrogens is 2. The van der Waals surface area contributed by atoms with E-state index < -0.39 is 5.63 Å². The molecule has 0 bridgehead atoms. The quantitative estimate of drug-likeness (QED) is 0.594. The number of H-pyrrole nitrogens is 1. The van der Waals surface area contributed by atoms with Crippen LogP contribution in [0.25, 0.3) is 0 Å². The van der Waals surface area contributed by atoms with Gasteiger partial charge in [-0.1, -0.05) is 4.68 Å². The van der Waals surface area contributed by atoms with Crippen molar-refractivity contribution in [3.63, 3.8) is 0 Å². The molecule has 0 fully saturated rings. The molecule has 8 nitrogen and oxygen atoms in total. The van der Waals surface area contributed by atoms with Gasteiger partial charge in [0.25, 0.3) is 0 Å². The van der Waals surface area contributed by atoms with Gasteiger partial charge < -0.3 is 14.8 Å². The van der Waals surface area contributed by atoms with Crippen molar-refractivity contribution < 1.29 is 23.5 Å². The maximum absolute atomic E-state index is 12.0. The number of amides is 1. The number of methoxy groups -OCH3 is 2. The normalized spacial score (nSPS) is 10.3. The molecular formula is C13H16N3O5S+. The second-order valence-corrected chi connectivity index (χ2v) is 5.25. The van der Waals surface area contributed by atoms with Crippen LogP contribution in [0.5, 0.6) is 11.5 Å². The molecule has 118 valence electrons. The molecule has 0 saturated heterocycles. The summed E-state index contributed by atoms with van der Waals surface area (Å²) in [6.07, 6.45) is 0. The zero-order valence-corrected chi connectivity index (χ0v) is 13.2. The van der Waals surface area contributed by atoms with E-state index in [9.17, 15) is 9.59 Å². The van der Waals surface area contributed by atoms with Crippen LogP contribution in [0, 0.1) is 0 Å². The summed E-state index contributed by atoms with van der Waals surface area (Å²) in [5.41, 5.74) is 0.0376. The van der Waals surface area contributed by atoms with E-state index in [1.165, 1.54) is 18.9 Å². The number of carbonyl (C=O) groups is 1. The molecule has 2 rings (SSSR count). The summed E-state index contributed by atoms with van der Waals surface area (Å²) >= 11 is 1.08. The van der Waals surface area contributed by atoms with Crippen molar-refractivity contribution in [3.05, 3.63) is 28.6 Å². The molecular weight excluding hydrogens is 310 g/mol. The maximum atomic E-state index is 12.0. The molecule has 1 heterocycles. The van der Waals surface area contributed by atoms with E-state index in [-0.39, 0.29) is 11.7 Å². The number of hydrogen-bond acceptors (Lipinski definition) is 6. The SMILES string of the molecule is COc1cc(NC(=O)CSc2c(=O)o[nH][n+]2C)cc(OC)c1. The summed E-state index contributed by atoms with van der Waals surface area (Å²) in [4.78, 5) is 23.3. The molecule has 0 atom stereocenters. The van der Waals surface area contributed by atoms with Crippen molar-refractivity contribution in [3.8, 4) is 11.5 Å². The molecule has 0 radical (unpaired) electrons. The summed E-state index contributed by atoms with van der Waals surface area (Å²) in [6, 6.07) is 5.06. The predicted octanol–water partition coefficient (Wildman–Crippen LogP) is 0.540. The predicted molar refractivity (Wildman–Crippen MR) is 79.4 cm³/mol. The third-order valence-corrected chi connectivity index (χ3v) is 3.85. The minimum atomic E-state index is -0.511. The fraction of sp³-hybridized carbons (Fsp3) is 0.308. The number of nitrogens with one attached hydrogen (secondary N) is 2. The number of aromatic amines is 1. The molecule has 1 aromatic heterocycles. The van der Waals surface area contributed by atoms with Gasteiger partial charge in [-0.3, -0.25) is 9.32 Å². The van der Waals surface area contributed by atoms with Crippen LogP contribution >= 0.6 is 11.8 Å². The maximum Gasteiger partial charge on any atom is 0.441 e. The Balaban J connectivity index is 2.01. The van der Waals surface area contributed by atoms with Gasteiger partial charge in [0.2, 0.25) is 5.91 Å². The molecule has 2 aromatic rings. The molecule has 22 heavy (non-hydrogen) atoms. The minimum Gasteiger partial charge on any atom is -0.497 e. The summed E-state index contributed by atoms with van der Waals surface area (Å²) in [7, 11) is 4.68. The number of ether oxygens (including phenoxy) is 2. The fourth-order valence-corrected chi connectivity index (χ4v) is 2.43. The van der Waals surface area contributed by atoms with Gasteiger partial charge in [-0.05, 0) is 17.0 Å². The first-order valence-corrected chi connectivity index (χ1v) is 7.25. The molecule has 2 N–H and O–H groups in total. The van der Waals surface area contributed by atoms with Crippen molar-refractivity contribution in [1.82, 2.24) is 5.27 Å². The fourth-order valence-electron chi connectivity index (χ4n) is 1.70. The highest BCUT2D eigenvalue weighted by Gasteiger charge is 2.19. The summed E-state index contributed by atoms with van der Waals surface area (Å²) in [6.45, 7) is 0. The Morgan fingerprint density at radius 1 is 1.32 bits per heavy atom. The highest BCUT2D eigenvalue weighted by atomic mass is 32.2. The number of nitrogens with zero attached hydrogens (tertiary/aromatic N) is 1. The summed E-state index contributed by atoms with van der Waals surface area (Å²) in [5, 5.41) is 5.42. The summed E-state index contributed by atoms with van der Waals surface area (Å²) in [5.74, 6) is 0.941. The van der Waals surface area contributed by atoms with Gasteiger partial charge in [-0.25, -0.2) is 4.79 Å². The van der Waals surface area contributed by atoms with Crippen molar-refractivity contribution in [2.45, 2.75) is 5.03 Å². The molecule has 0 aliphatic carbocycles. The van der Waals surface area contributed by atoms with E-state index in [1.807, 2.05) is 0 Å². The molecule has 0 aliphatic heterocycles. The summed E-state index contributed by atoms with van der Waals surface area (Å²) < 4.78 is 16.3. The van der Waals surface area contributed by atoms with Gasteiger partial charge in [0, 0.05) is 23.9 Å². The zero-order valence-electron chi connectivity index (χ0n) is 12.3. The monoisotopic (exact) mass is 326 g/mol. The Morgan fingerprint density at radius 3 is 2.45 bits per heavy atom. The van der Waals surface area contributed by atoms with Crippen LogP contribution in [0.4, 0.5) is 5.69 Å². The number of thioether (sulfide) groups is 1. The Morgan fingerprint density at radius 2 is 1.95 bits per heavy atom. The number of rotatable bonds is 6. The van der Waals surface area contributed by atoms with Gasteiger partial charge >= 0.3 is 10.7 Å². The number of benzene rings is 1. The lowest BCUT2D eigenvalue weighted by molar-refractivity contribution is -0.772. The van der Waals surface area contributed by atoms with E-state index in [0.29, 0.717) is 22.2 Å². The van der Waals surface area contributed by atoms with Crippen LogP contribution in [-0.4, -0.2) is 31.2 Å². The van der Waals surface area contributed by atoms with Gasteiger partial charge in [-0.2, -0.15) is 0 Å². The Labute approximate surface area is 130 Å². The highest BCUT2D eigenvalue weighted by molar-refractivity contribution is 7.99. The lowest BCUT2D eigenvalue weighted by atomic mass is 10.2. The number of hydrogen-bond donors (Lipinski definition) is 2. The Bertz CT molecular complexity index is 702. The first-order valence-electron chi connectivity index (χ1n) is 6.26. The standard InChI is InChI=1S/C13H15N3O5S/c1-16-12(13(18)21-15-16)22-7-11(17)14-8-4-9(19-2)6-10(5-8)20-3/h4-6H,7H2,1-3H3,(H-,14,15,17,18)/p+1. The van der Waals surface area contributed by atoms with Crippen molar-refractivity contribution in [1.29, 1.82) is 0 Å². The largest absolute Gasteiger partial charge is 0.497 e. The van der Waals surface area contributed by atoms with E-state index in [2.05, 4.69) is 15.1 Å².